The van der Waals surface area contributed by atoms with Gasteiger partial charge in [-0.2, -0.15) is 0 Å². The molecule has 0 saturated heterocycles. The second-order valence-electron chi connectivity index (χ2n) is 3.56. The molecule has 0 spiro atoms. The van der Waals surface area contributed by atoms with Gasteiger partial charge in [0.15, 0.2) is 0 Å². The van der Waals surface area contributed by atoms with E-state index >= 15 is 0 Å². The molecule has 0 aromatic carbocycles. The molecule has 2 atom stereocenters. The number of hydrogen-bond acceptors (Lipinski definition) is 2. The summed E-state index contributed by atoms with van der Waals surface area (Å²) in [6.45, 7) is 4.13. The van der Waals surface area contributed by atoms with Gasteiger partial charge in [-0.3, -0.25) is 0 Å². The van der Waals surface area contributed by atoms with E-state index in [0.717, 1.165) is 25.7 Å². The minimum absolute atomic E-state index is 0.284. The highest BCUT2D eigenvalue weighted by atomic mass is 16.3. The molecule has 2 unspecified atom stereocenters. The van der Waals surface area contributed by atoms with Crippen molar-refractivity contribution in [2.75, 3.05) is 0 Å². The average Bonchev–Trinajstić information content (AvgIpc) is 2.04. The van der Waals surface area contributed by atoms with Crippen LogP contribution in [0.5, 0.6) is 0 Å². The van der Waals surface area contributed by atoms with E-state index in [1.165, 1.54) is 0 Å². The summed E-state index contributed by atoms with van der Waals surface area (Å²) in [5, 5.41) is 19.2. The number of aliphatic hydroxyl groups excluding tert-OH is 1. The highest BCUT2D eigenvalue weighted by molar-refractivity contribution is 5.00. The third-order valence-corrected chi connectivity index (χ3v) is 3.09. The molecule has 2 heteroatoms. The van der Waals surface area contributed by atoms with Gasteiger partial charge < -0.3 is 10.2 Å². The Morgan fingerprint density at radius 2 is 2.00 bits per heavy atom. The second-order valence-corrected chi connectivity index (χ2v) is 3.56. The first kappa shape index (κ1) is 9.01. The first-order chi connectivity index (χ1) is 5.15. The first-order valence-corrected chi connectivity index (χ1v) is 4.55. The summed E-state index contributed by atoms with van der Waals surface area (Å²) >= 11 is 0. The maximum atomic E-state index is 9.89. The first-order valence-electron chi connectivity index (χ1n) is 4.55. The number of hydrogen-bond donors (Lipinski definition) is 2. The molecule has 1 aliphatic carbocycles. The van der Waals surface area contributed by atoms with Crippen molar-refractivity contribution in [2.24, 2.45) is 5.92 Å². The Kier molecular flexibility index (Phi) is 2.55. The molecule has 0 bridgehead atoms. The highest BCUT2D eigenvalue weighted by Gasteiger charge is 2.48. The van der Waals surface area contributed by atoms with Gasteiger partial charge in [0.25, 0.3) is 0 Å². The zero-order valence-corrected chi connectivity index (χ0v) is 7.38. The van der Waals surface area contributed by atoms with E-state index in [9.17, 15) is 10.2 Å². The largest absolute Gasteiger partial charge is 0.390 e. The van der Waals surface area contributed by atoms with Crippen LogP contribution in [0.2, 0.25) is 0 Å². The van der Waals surface area contributed by atoms with E-state index in [0.29, 0.717) is 0 Å². The fraction of sp³-hybridized carbons (Fsp3) is 1.00. The van der Waals surface area contributed by atoms with Gasteiger partial charge in [-0.15, -0.1) is 0 Å². The molecular formula is C9H18O2. The Labute approximate surface area is 68.2 Å². The lowest BCUT2D eigenvalue weighted by atomic mass is 9.67. The molecular weight excluding hydrogens is 140 g/mol. The van der Waals surface area contributed by atoms with Crippen LogP contribution in [0.4, 0.5) is 0 Å². The average molecular weight is 158 g/mol. The Balaban J connectivity index is 2.55. The van der Waals surface area contributed by atoms with Crippen molar-refractivity contribution in [1.29, 1.82) is 0 Å². The molecule has 0 amide bonds. The van der Waals surface area contributed by atoms with Crippen LogP contribution in [0, 0.1) is 5.92 Å². The SMILES string of the molecule is CCC(CC)C1(O)CCC1O. The predicted octanol–water partition coefficient (Wildman–Crippen LogP) is 1.31. The van der Waals surface area contributed by atoms with Gasteiger partial charge in [-0.1, -0.05) is 26.7 Å². The topological polar surface area (TPSA) is 40.5 Å². The van der Waals surface area contributed by atoms with Crippen LogP contribution in [-0.4, -0.2) is 21.9 Å². The van der Waals surface area contributed by atoms with Crippen molar-refractivity contribution in [2.45, 2.75) is 51.2 Å². The molecule has 66 valence electrons. The van der Waals surface area contributed by atoms with E-state index in [-0.39, 0.29) is 5.92 Å². The van der Waals surface area contributed by atoms with Crippen molar-refractivity contribution < 1.29 is 10.2 Å². The van der Waals surface area contributed by atoms with E-state index in [1.807, 2.05) is 0 Å². The van der Waals surface area contributed by atoms with Crippen molar-refractivity contribution in [3.8, 4) is 0 Å². The molecule has 0 aromatic rings. The predicted molar refractivity (Wildman–Crippen MR) is 44.3 cm³/mol. The Morgan fingerprint density at radius 3 is 2.09 bits per heavy atom. The lowest BCUT2D eigenvalue weighted by Crippen LogP contribution is -2.56. The summed E-state index contributed by atoms with van der Waals surface area (Å²) in [7, 11) is 0. The monoisotopic (exact) mass is 158 g/mol. The number of rotatable bonds is 3. The molecule has 0 aliphatic heterocycles. The molecule has 1 rings (SSSR count). The molecule has 1 saturated carbocycles. The van der Waals surface area contributed by atoms with Crippen molar-refractivity contribution in [3.63, 3.8) is 0 Å². The molecule has 11 heavy (non-hydrogen) atoms. The fourth-order valence-electron chi connectivity index (χ4n) is 2.04. The Bertz CT molecular complexity index is 132. The van der Waals surface area contributed by atoms with Crippen LogP contribution in [0.15, 0.2) is 0 Å². The van der Waals surface area contributed by atoms with E-state index in [4.69, 9.17) is 0 Å². The summed E-state index contributed by atoms with van der Waals surface area (Å²) in [6.07, 6.45) is 3.01. The molecule has 0 aromatic heterocycles. The van der Waals surface area contributed by atoms with Crippen LogP contribution in [0.25, 0.3) is 0 Å². The van der Waals surface area contributed by atoms with Gasteiger partial charge in [0.2, 0.25) is 0 Å². The summed E-state index contributed by atoms with van der Waals surface area (Å²) in [5.41, 5.74) is -0.747. The number of aliphatic hydroxyl groups is 2. The van der Waals surface area contributed by atoms with Crippen LogP contribution in [0.3, 0.4) is 0 Å². The van der Waals surface area contributed by atoms with Crippen molar-refractivity contribution in [3.05, 3.63) is 0 Å². The second kappa shape index (κ2) is 3.11. The molecule has 1 aliphatic rings. The highest BCUT2D eigenvalue weighted by Crippen LogP contribution is 2.41. The standard InChI is InChI=1S/C9H18O2/c1-3-7(4-2)9(11)6-5-8(9)10/h7-8,10-11H,3-6H2,1-2H3. The molecule has 2 nitrogen and oxygen atoms in total. The summed E-state index contributed by atoms with van der Waals surface area (Å²) in [5.74, 6) is 0.284. The van der Waals surface area contributed by atoms with Crippen molar-refractivity contribution >= 4 is 0 Å². The maximum Gasteiger partial charge on any atom is 0.0934 e. The van der Waals surface area contributed by atoms with Crippen molar-refractivity contribution in [1.82, 2.24) is 0 Å². The van der Waals surface area contributed by atoms with Gasteiger partial charge >= 0.3 is 0 Å². The van der Waals surface area contributed by atoms with E-state index in [1.54, 1.807) is 0 Å². The maximum absolute atomic E-state index is 9.89. The normalized spacial score (nSPS) is 37.4. The fourth-order valence-corrected chi connectivity index (χ4v) is 2.04. The summed E-state index contributed by atoms with van der Waals surface area (Å²) in [4.78, 5) is 0. The zero-order valence-electron chi connectivity index (χ0n) is 7.38. The van der Waals surface area contributed by atoms with Crippen LogP contribution >= 0.6 is 0 Å². The third kappa shape index (κ3) is 1.30. The van der Waals surface area contributed by atoms with Crippen LogP contribution in [-0.2, 0) is 0 Å². The zero-order chi connectivity index (χ0) is 8.48. The van der Waals surface area contributed by atoms with Gasteiger partial charge in [-0.05, 0) is 18.8 Å². The van der Waals surface area contributed by atoms with Gasteiger partial charge in [-0.25, -0.2) is 0 Å². The van der Waals surface area contributed by atoms with E-state index < -0.39 is 11.7 Å². The molecule has 0 heterocycles. The minimum atomic E-state index is -0.747. The van der Waals surface area contributed by atoms with E-state index in [2.05, 4.69) is 13.8 Å². The lowest BCUT2D eigenvalue weighted by molar-refractivity contribution is -0.179. The summed E-state index contributed by atoms with van der Waals surface area (Å²) < 4.78 is 0. The third-order valence-electron chi connectivity index (χ3n) is 3.09. The quantitative estimate of drug-likeness (QED) is 0.650. The Morgan fingerprint density at radius 1 is 1.45 bits per heavy atom. The van der Waals surface area contributed by atoms with Crippen LogP contribution in [0.1, 0.15) is 39.5 Å². The molecule has 0 radical (unpaired) electrons. The van der Waals surface area contributed by atoms with Gasteiger partial charge in [0.05, 0.1) is 11.7 Å². The minimum Gasteiger partial charge on any atom is -0.390 e. The molecule has 1 fully saturated rings. The van der Waals surface area contributed by atoms with Gasteiger partial charge in [0.1, 0.15) is 0 Å². The lowest BCUT2D eigenvalue weighted by Gasteiger charge is -2.47. The smallest absolute Gasteiger partial charge is 0.0934 e. The van der Waals surface area contributed by atoms with Gasteiger partial charge in [0, 0.05) is 0 Å². The van der Waals surface area contributed by atoms with Crippen LogP contribution < -0.4 is 0 Å². The molecule has 2 N–H and O–H groups in total. The summed E-state index contributed by atoms with van der Waals surface area (Å²) in [6, 6.07) is 0. The Hall–Kier alpha value is -0.0800.